The van der Waals surface area contributed by atoms with Crippen LogP contribution in [0.2, 0.25) is 0 Å². The monoisotopic (exact) mass is 451 g/mol. The van der Waals surface area contributed by atoms with Gasteiger partial charge in [-0.05, 0) is 69.3 Å². The summed E-state index contributed by atoms with van der Waals surface area (Å²) >= 11 is 0. The number of hydrogen-bond acceptors (Lipinski definition) is 6. The molecule has 2 rings (SSSR count). The molecule has 0 heterocycles. The molecule has 7 atom stereocenters. The summed E-state index contributed by atoms with van der Waals surface area (Å²) in [5, 5.41) is 29.0. The Bertz CT molecular complexity index is 715. The fourth-order valence-electron chi connectivity index (χ4n) is 4.82. The van der Waals surface area contributed by atoms with Gasteiger partial charge in [-0.15, -0.1) is 0 Å². The SMILES string of the molecule is CCC(C)(C)C(=O)OC1CC(C)C=C2C=CC(C)C(CCC(O)CC(O)CC(=O)NO)C21. The first-order valence-corrected chi connectivity index (χ1v) is 11.9. The third-order valence-corrected chi connectivity index (χ3v) is 7.21. The van der Waals surface area contributed by atoms with Crippen LogP contribution in [0.15, 0.2) is 23.8 Å². The molecule has 7 unspecified atom stereocenters. The zero-order valence-electron chi connectivity index (χ0n) is 20.1. The number of aliphatic hydroxyl groups is 2. The molecule has 32 heavy (non-hydrogen) atoms. The molecule has 0 bridgehead atoms. The predicted molar refractivity (Wildman–Crippen MR) is 122 cm³/mol. The van der Waals surface area contributed by atoms with E-state index in [1.54, 1.807) is 0 Å². The van der Waals surface area contributed by atoms with Crippen molar-refractivity contribution in [2.24, 2.45) is 29.1 Å². The number of fused-ring (bicyclic) bond motifs is 1. The number of nitrogens with one attached hydrogen (secondary N) is 1. The highest BCUT2D eigenvalue weighted by Crippen LogP contribution is 2.45. The first-order chi connectivity index (χ1) is 15.0. The van der Waals surface area contributed by atoms with Gasteiger partial charge in [0, 0.05) is 5.92 Å². The third-order valence-electron chi connectivity index (χ3n) is 7.21. The number of allylic oxidation sites excluding steroid dienone is 3. The molecule has 0 aliphatic heterocycles. The van der Waals surface area contributed by atoms with Crippen molar-refractivity contribution in [3.05, 3.63) is 23.8 Å². The van der Waals surface area contributed by atoms with Crippen LogP contribution < -0.4 is 5.48 Å². The van der Waals surface area contributed by atoms with Gasteiger partial charge in [-0.25, -0.2) is 5.48 Å². The first-order valence-electron chi connectivity index (χ1n) is 11.9. The van der Waals surface area contributed by atoms with Crippen LogP contribution in [0.4, 0.5) is 0 Å². The van der Waals surface area contributed by atoms with Crippen LogP contribution in [-0.2, 0) is 14.3 Å². The molecule has 0 aromatic carbocycles. The average Bonchev–Trinajstić information content (AvgIpc) is 2.72. The number of aliphatic hydroxyl groups excluding tert-OH is 2. The van der Waals surface area contributed by atoms with E-state index in [0.717, 1.165) is 6.42 Å². The van der Waals surface area contributed by atoms with Crippen molar-refractivity contribution in [1.29, 1.82) is 0 Å². The second-order valence-electron chi connectivity index (χ2n) is 10.3. The topological polar surface area (TPSA) is 116 Å². The van der Waals surface area contributed by atoms with Crippen LogP contribution in [0, 0.1) is 29.1 Å². The number of esters is 1. The molecule has 0 fully saturated rings. The van der Waals surface area contributed by atoms with Crippen LogP contribution in [0.3, 0.4) is 0 Å². The Kier molecular flexibility index (Phi) is 9.49. The molecule has 0 saturated carbocycles. The summed E-state index contributed by atoms with van der Waals surface area (Å²) in [4.78, 5) is 24.1. The van der Waals surface area contributed by atoms with E-state index < -0.39 is 23.5 Å². The highest BCUT2D eigenvalue weighted by Gasteiger charge is 2.42. The van der Waals surface area contributed by atoms with E-state index in [-0.39, 0.29) is 42.7 Å². The zero-order valence-corrected chi connectivity index (χ0v) is 20.1. The van der Waals surface area contributed by atoms with Crippen molar-refractivity contribution >= 4 is 11.9 Å². The van der Waals surface area contributed by atoms with Crippen LogP contribution in [0.25, 0.3) is 0 Å². The van der Waals surface area contributed by atoms with Crippen LogP contribution in [0.1, 0.15) is 73.1 Å². The fourth-order valence-corrected chi connectivity index (χ4v) is 4.82. The zero-order chi connectivity index (χ0) is 24.1. The van der Waals surface area contributed by atoms with E-state index >= 15 is 0 Å². The summed E-state index contributed by atoms with van der Waals surface area (Å²) in [7, 11) is 0. The van der Waals surface area contributed by atoms with Crippen molar-refractivity contribution in [2.75, 3.05) is 0 Å². The van der Waals surface area contributed by atoms with E-state index in [2.05, 4.69) is 32.1 Å². The lowest BCUT2D eigenvalue weighted by Crippen LogP contribution is -2.43. The maximum Gasteiger partial charge on any atom is 0.311 e. The maximum atomic E-state index is 12.9. The molecule has 7 heteroatoms. The molecule has 182 valence electrons. The van der Waals surface area contributed by atoms with Gasteiger partial charge in [-0.1, -0.05) is 39.0 Å². The molecule has 7 nitrogen and oxygen atoms in total. The number of ether oxygens (including phenoxy) is 1. The van der Waals surface area contributed by atoms with Crippen molar-refractivity contribution in [3.63, 3.8) is 0 Å². The number of hydroxylamine groups is 1. The van der Waals surface area contributed by atoms with Gasteiger partial charge < -0.3 is 14.9 Å². The lowest BCUT2D eigenvalue weighted by molar-refractivity contribution is -0.164. The van der Waals surface area contributed by atoms with Crippen LogP contribution >= 0.6 is 0 Å². The highest BCUT2D eigenvalue weighted by atomic mass is 16.5. The normalized spacial score (nSPS) is 29.5. The van der Waals surface area contributed by atoms with Crippen LogP contribution in [0.5, 0.6) is 0 Å². The van der Waals surface area contributed by atoms with Gasteiger partial charge >= 0.3 is 5.97 Å². The lowest BCUT2D eigenvalue weighted by Gasteiger charge is -2.44. The van der Waals surface area contributed by atoms with Crippen molar-refractivity contribution in [3.8, 4) is 0 Å². The molecule has 0 aromatic heterocycles. The van der Waals surface area contributed by atoms with Gasteiger partial charge in [-0.2, -0.15) is 0 Å². The van der Waals surface area contributed by atoms with Crippen LogP contribution in [-0.4, -0.2) is 45.6 Å². The van der Waals surface area contributed by atoms with Gasteiger partial charge in [0.05, 0.1) is 24.0 Å². The number of amides is 1. The predicted octanol–water partition coefficient (Wildman–Crippen LogP) is 3.53. The minimum absolute atomic E-state index is 0.0673. The molecule has 1 amide bonds. The molecule has 2 aliphatic carbocycles. The van der Waals surface area contributed by atoms with Gasteiger partial charge in [0.2, 0.25) is 5.91 Å². The summed E-state index contributed by atoms with van der Waals surface area (Å²) in [6.45, 7) is 10.1. The molecule has 0 radical (unpaired) electrons. The number of rotatable bonds is 10. The van der Waals surface area contributed by atoms with Crippen molar-refractivity contribution in [1.82, 2.24) is 5.48 Å². The van der Waals surface area contributed by atoms with Gasteiger partial charge in [0.25, 0.3) is 0 Å². The van der Waals surface area contributed by atoms with E-state index in [0.29, 0.717) is 25.2 Å². The van der Waals surface area contributed by atoms with Crippen molar-refractivity contribution in [2.45, 2.75) is 91.5 Å². The second kappa shape index (κ2) is 11.4. The molecule has 0 spiro atoms. The van der Waals surface area contributed by atoms with E-state index in [4.69, 9.17) is 9.94 Å². The molecule has 0 aromatic rings. The third kappa shape index (κ3) is 6.90. The summed E-state index contributed by atoms with van der Waals surface area (Å²) in [5.74, 6) is 0.0317. The lowest BCUT2D eigenvalue weighted by atomic mass is 9.65. The Morgan fingerprint density at radius 1 is 1.25 bits per heavy atom. The van der Waals surface area contributed by atoms with E-state index in [1.165, 1.54) is 11.1 Å². The molecular formula is C25H41NO6. The molecule has 2 aliphatic rings. The Morgan fingerprint density at radius 2 is 1.94 bits per heavy atom. The minimum Gasteiger partial charge on any atom is -0.461 e. The number of carbonyl (C=O) groups is 2. The average molecular weight is 452 g/mol. The fraction of sp³-hybridized carbons (Fsp3) is 0.760. The van der Waals surface area contributed by atoms with E-state index in [1.807, 2.05) is 20.8 Å². The second-order valence-corrected chi connectivity index (χ2v) is 10.3. The summed E-state index contributed by atoms with van der Waals surface area (Å²) in [6, 6.07) is 0. The van der Waals surface area contributed by atoms with E-state index in [9.17, 15) is 19.8 Å². The maximum absolute atomic E-state index is 12.9. The van der Waals surface area contributed by atoms with Gasteiger partial charge in [0.15, 0.2) is 0 Å². The first kappa shape index (κ1) is 26.6. The Hall–Kier alpha value is -1.70. The quantitative estimate of drug-likeness (QED) is 0.229. The Morgan fingerprint density at radius 3 is 2.56 bits per heavy atom. The Labute approximate surface area is 191 Å². The summed E-state index contributed by atoms with van der Waals surface area (Å²) in [5.41, 5.74) is 2.17. The largest absolute Gasteiger partial charge is 0.461 e. The highest BCUT2D eigenvalue weighted by molar-refractivity contribution is 5.76. The molecule has 0 saturated heterocycles. The minimum atomic E-state index is -1.02. The standard InChI is InChI=1S/C25H41NO6/c1-6-25(4,5)24(30)32-21-12-15(2)11-17-8-7-16(3)20(23(17)21)10-9-18(27)13-19(28)14-22(29)26-31/h7-8,11,15-16,18-21,23,27-28,31H,6,9-10,12-14H2,1-5H3,(H,26,29). The molecule has 4 N–H and O–H groups in total. The summed E-state index contributed by atoms with van der Waals surface area (Å²) < 4.78 is 6.11. The summed E-state index contributed by atoms with van der Waals surface area (Å²) in [6.07, 6.45) is 7.13. The van der Waals surface area contributed by atoms with Gasteiger partial charge in [-0.3, -0.25) is 14.8 Å². The van der Waals surface area contributed by atoms with Crippen molar-refractivity contribution < 1.29 is 29.7 Å². The Balaban J connectivity index is 2.10. The van der Waals surface area contributed by atoms with Gasteiger partial charge in [0.1, 0.15) is 6.10 Å². The number of carbonyl (C=O) groups excluding carboxylic acids is 2. The number of hydrogen-bond donors (Lipinski definition) is 4. The molecular weight excluding hydrogens is 410 g/mol. The smallest absolute Gasteiger partial charge is 0.311 e.